The predicted octanol–water partition coefficient (Wildman–Crippen LogP) is 0.935. The van der Waals surface area contributed by atoms with Gasteiger partial charge in [0.15, 0.2) is 5.76 Å². The summed E-state index contributed by atoms with van der Waals surface area (Å²) in [6, 6.07) is 5.60. The second-order valence-corrected chi connectivity index (χ2v) is 5.12. The van der Waals surface area contributed by atoms with Crippen LogP contribution in [0.3, 0.4) is 0 Å². The molecule has 3 heterocycles. The first-order chi connectivity index (χ1) is 11.3. The molecule has 0 spiro atoms. The number of nitrogens with one attached hydrogen (secondary N) is 1. The normalized spacial score (nSPS) is 15.3. The summed E-state index contributed by atoms with van der Waals surface area (Å²) in [6.07, 6.45) is 1.53. The van der Waals surface area contributed by atoms with Crippen molar-refractivity contribution in [3.05, 3.63) is 24.0 Å². The molecule has 1 saturated heterocycles. The number of aromatic nitrogens is 2. The van der Waals surface area contributed by atoms with Crippen LogP contribution in [-0.2, 0) is 4.74 Å². The fourth-order valence-corrected chi connectivity index (χ4v) is 2.46. The Balaban J connectivity index is 1.74. The van der Waals surface area contributed by atoms with Crippen molar-refractivity contribution in [1.29, 1.82) is 5.26 Å². The van der Waals surface area contributed by atoms with Crippen LogP contribution in [0.1, 0.15) is 5.56 Å². The molecule has 1 aliphatic heterocycles. The molecule has 8 heteroatoms. The zero-order valence-corrected chi connectivity index (χ0v) is 12.7. The highest BCUT2D eigenvalue weighted by atomic mass is 16.5. The van der Waals surface area contributed by atoms with E-state index in [0.717, 1.165) is 32.8 Å². The monoisotopic (exact) mass is 314 g/mol. The van der Waals surface area contributed by atoms with Gasteiger partial charge in [0.05, 0.1) is 19.5 Å². The van der Waals surface area contributed by atoms with Gasteiger partial charge in [0, 0.05) is 26.2 Å². The summed E-state index contributed by atoms with van der Waals surface area (Å²) in [5.41, 5.74) is 6.49. The zero-order chi connectivity index (χ0) is 16.1. The van der Waals surface area contributed by atoms with Crippen molar-refractivity contribution in [3.8, 4) is 17.5 Å². The van der Waals surface area contributed by atoms with E-state index in [9.17, 15) is 5.26 Å². The van der Waals surface area contributed by atoms with Gasteiger partial charge in [0.1, 0.15) is 23.1 Å². The number of hydrogen-bond donors (Lipinski definition) is 2. The van der Waals surface area contributed by atoms with Crippen LogP contribution in [0.15, 0.2) is 22.8 Å². The van der Waals surface area contributed by atoms with Crippen molar-refractivity contribution in [1.82, 2.24) is 14.9 Å². The Labute approximate surface area is 133 Å². The molecule has 3 N–H and O–H groups in total. The summed E-state index contributed by atoms with van der Waals surface area (Å²) < 4.78 is 10.6. The maximum Gasteiger partial charge on any atom is 0.222 e. The minimum absolute atomic E-state index is 0.101. The van der Waals surface area contributed by atoms with Crippen LogP contribution in [0.5, 0.6) is 0 Å². The van der Waals surface area contributed by atoms with Crippen LogP contribution in [-0.4, -0.2) is 54.3 Å². The van der Waals surface area contributed by atoms with Crippen LogP contribution in [0, 0.1) is 11.3 Å². The number of nitrogens with zero attached hydrogens (tertiary/aromatic N) is 4. The first-order valence-corrected chi connectivity index (χ1v) is 7.43. The van der Waals surface area contributed by atoms with E-state index in [0.29, 0.717) is 29.4 Å². The summed E-state index contributed by atoms with van der Waals surface area (Å²) in [7, 11) is 0. The Kier molecular flexibility index (Phi) is 4.71. The third-order valence-electron chi connectivity index (χ3n) is 3.62. The van der Waals surface area contributed by atoms with Crippen LogP contribution in [0.25, 0.3) is 11.5 Å². The smallest absolute Gasteiger partial charge is 0.222 e. The Hall–Kier alpha value is -2.63. The second-order valence-electron chi connectivity index (χ2n) is 5.12. The lowest BCUT2D eigenvalue weighted by Gasteiger charge is -2.26. The van der Waals surface area contributed by atoms with Gasteiger partial charge < -0.3 is 20.2 Å². The SMILES string of the molecule is N#Cc1c(NCCN2CCOCC2)nc(N)nc1-c1ccco1. The van der Waals surface area contributed by atoms with Gasteiger partial charge in [-0.15, -0.1) is 0 Å². The Morgan fingerprint density at radius 2 is 2.17 bits per heavy atom. The third-order valence-corrected chi connectivity index (χ3v) is 3.62. The van der Waals surface area contributed by atoms with E-state index in [2.05, 4.69) is 26.3 Å². The Bertz CT molecular complexity index is 689. The molecular formula is C15H18N6O2. The van der Waals surface area contributed by atoms with Gasteiger partial charge in [-0.2, -0.15) is 10.2 Å². The summed E-state index contributed by atoms with van der Waals surface area (Å²) in [4.78, 5) is 10.6. The molecule has 0 radical (unpaired) electrons. The highest BCUT2D eigenvalue weighted by molar-refractivity contribution is 5.71. The molecule has 0 unspecified atom stereocenters. The van der Waals surface area contributed by atoms with E-state index >= 15 is 0 Å². The number of nitrogen functional groups attached to an aromatic ring is 1. The number of hydrogen-bond acceptors (Lipinski definition) is 8. The lowest BCUT2D eigenvalue weighted by Crippen LogP contribution is -2.39. The van der Waals surface area contributed by atoms with Crippen LogP contribution in [0.4, 0.5) is 11.8 Å². The molecule has 2 aromatic rings. The number of anilines is 2. The molecule has 120 valence electrons. The maximum atomic E-state index is 9.46. The highest BCUT2D eigenvalue weighted by Gasteiger charge is 2.17. The summed E-state index contributed by atoms with van der Waals surface area (Å²) in [5.74, 6) is 1.02. The van der Waals surface area contributed by atoms with Crippen molar-refractivity contribution in [2.75, 3.05) is 50.4 Å². The molecule has 0 saturated carbocycles. The molecule has 1 aliphatic rings. The van der Waals surface area contributed by atoms with Gasteiger partial charge in [-0.05, 0) is 12.1 Å². The van der Waals surface area contributed by atoms with E-state index in [1.807, 2.05) is 0 Å². The van der Waals surface area contributed by atoms with Gasteiger partial charge in [0.25, 0.3) is 0 Å². The summed E-state index contributed by atoms with van der Waals surface area (Å²) >= 11 is 0. The van der Waals surface area contributed by atoms with Crippen molar-refractivity contribution < 1.29 is 9.15 Å². The topological polar surface area (TPSA) is 113 Å². The largest absolute Gasteiger partial charge is 0.463 e. The number of rotatable bonds is 5. The van der Waals surface area contributed by atoms with Crippen LogP contribution >= 0.6 is 0 Å². The average molecular weight is 314 g/mol. The van der Waals surface area contributed by atoms with E-state index in [-0.39, 0.29) is 5.95 Å². The fourth-order valence-electron chi connectivity index (χ4n) is 2.46. The minimum Gasteiger partial charge on any atom is -0.463 e. The molecule has 0 aliphatic carbocycles. The molecule has 8 nitrogen and oxygen atoms in total. The molecule has 2 aromatic heterocycles. The Morgan fingerprint density at radius 1 is 1.35 bits per heavy atom. The molecule has 23 heavy (non-hydrogen) atoms. The number of ether oxygens (including phenoxy) is 1. The minimum atomic E-state index is 0.101. The standard InChI is InChI=1S/C15H18N6O2/c16-10-11-13(12-2-1-7-23-12)19-15(17)20-14(11)18-3-4-21-5-8-22-9-6-21/h1-2,7H,3-6,8-9H2,(H3,17,18,19,20). The second kappa shape index (κ2) is 7.09. The lowest BCUT2D eigenvalue weighted by molar-refractivity contribution is 0.0398. The first-order valence-electron chi connectivity index (χ1n) is 7.43. The maximum absolute atomic E-state index is 9.46. The van der Waals surface area contributed by atoms with Crippen molar-refractivity contribution in [2.45, 2.75) is 0 Å². The fraction of sp³-hybridized carbons (Fsp3) is 0.400. The highest BCUT2D eigenvalue weighted by Crippen LogP contribution is 2.26. The number of nitriles is 1. The van der Waals surface area contributed by atoms with Crippen molar-refractivity contribution in [3.63, 3.8) is 0 Å². The summed E-state index contributed by atoms with van der Waals surface area (Å²) in [6.45, 7) is 4.84. The van der Waals surface area contributed by atoms with Crippen LogP contribution in [0.2, 0.25) is 0 Å². The molecular weight excluding hydrogens is 296 g/mol. The Morgan fingerprint density at radius 3 is 2.87 bits per heavy atom. The molecule has 0 atom stereocenters. The van der Waals surface area contributed by atoms with E-state index in [1.165, 1.54) is 6.26 Å². The van der Waals surface area contributed by atoms with E-state index in [1.54, 1.807) is 12.1 Å². The number of nitrogens with two attached hydrogens (primary N) is 1. The number of furan rings is 1. The van der Waals surface area contributed by atoms with Gasteiger partial charge in [0.2, 0.25) is 5.95 Å². The summed E-state index contributed by atoms with van der Waals surface area (Å²) in [5, 5.41) is 12.6. The molecule has 1 fully saturated rings. The van der Waals surface area contributed by atoms with Crippen LogP contribution < -0.4 is 11.1 Å². The van der Waals surface area contributed by atoms with Gasteiger partial charge >= 0.3 is 0 Å². The molecule has 3 rings (SSSR count). The van der Waals surface area contributed by atoms with E-state index < -0.39 is 0 Å². The zero-order valence-electron chi connectivity index (χ0n) is 12.7. The van der Waals surface area contributed by atoms with E-state index in [4.69, 9.17) is 14.9 Å². The third kappa shape index (κ3) is 3.59. The molecule has 0 bridgehead atoms. The lowest BCUT2D eigenvalue weighted by atomic mass is 10.2. The van der Waals surface area contributed by atoms with Gasteiger partial charge in [-0.1, -0.05) is 0 Å². The van der Waals surface area contributed by atoms with Gasteiger partial charge in [-0.3, -0.25) is 4.90 Å². The average Bonchev–Trinajstić information content (AvgIpc) is 3.10. The molecule has 0 aromatic carbocycles. The first kappa shape index (κ1) is 15.3. The van der Waals surface area contributed by atoms with Crippen molar-refractivity contribution in [2.24, 2.45) is 0 Å². The number of morpholine rings is 1. The quantitative estimate of drug-likeness (QED) is 0.838. The predicted molar refractivity (Wildman–Crippen MR) is 84.6 cm³/mol. The molecule has 0 amide bonds. The van der Waals surface area contributed by atoms with Crippen molar-refractivity contribution >= 4 is 11.8 Å². The van der Waals surface area contributed by atoms with Gasteiger partial charge in [-0.25, -0.2) is 4.98 Å².